The number of unbranched alkanes of at least 4 members (excludes halogenated alkanes) is 1. The number of allylic oxidation sites excluding steroid dienone is 2. The maximum Gasteiger partial charge on any atom is 0.0711 e. The van der Waals surface area contributed by atoms with Gasteiger partial charge in [0.05, 0.1) is 5.70 Å². The lowest BCUT2D eigenvalue weighted by Crippen LogP contribution is -2.42. The molecule has 0 bridgehead atoms. The molecule has 0 saturated carbocycles. The Kier molecular flexibility index (Phi) is 5.43. The molecule has 2 nitrogen and oxygen atoms in total. The molecule has 0 aromatic heterocycles. The van der Waals surface area contributed by atoms with E-state index < -0.39 is 0 Å². The smallest absolute Gasteiger partial charge is 0.0711 e. The van der Waals surface area contributed by atoms with Crippen molar-refractivity contribution in [2.45, 2.75) is 47.0 Å². The van der Waals surface area contributed by atoms with Gasteiger partial charge in [0.15, 0.2) is 0 Å². The molecule has 1 atom stereocenters. The molecule has 1 aliphatic carbocycles. The van der Waals surface area contributed by atoms with E-state index in [-0.39, 0.29) is 0 Å². The van der Waals surface area contributed by atoms with Gasteiger partial charge in [0.1, 0.15) is 0 Å². The Morgan fingerprint density at radius 3 is 2.16 bits per heavy atom. The quantitative estimate of drug-likeness (QED) is 0.538. The second-order valence-electron chi connectivity index (χ2n) is 7.15. The molecule has 1 rings (SSSR count). The van der Waals surface area contributed by atoms with Crippen molar-refractivity contribution in [2.24, 2.45) is 11.3 Å². The normalized spacial score (nSPS) is 19.5. The minimum Gasteiger partial charge on any atom is -0.376 e. The first-order valence-electron chi connectivity index (χ1n) is 7.32. The molecule has 0 saturated heterocycles. The first-order chi connectivity index (χ1) is 8.65. The van der Waals surface area contributed by atoms with E-state index in [1.54, 1.807) is 0 Å². The van der Waals surface area contributed by atoms with Crippen LogP contribution in [0.1, 0.15) is 47.0 Å². The summed E-state index contributed by atoms with van der Waals surface area (Å²) in [6.45, 7) is 10.3. The molecule has 0 radical (unpaired) electrons. The second kappa shape index (κ2) is 6.25. The fourth-order valence-corrected chi connectivity index (χ4v) is 3.07. The summed E-state index contributed by atoms with van der Waals surface area (Å²) in [4.78, 5) is 5.67. The Balaban J connectivity index is 2.50. The topological polar surface area (TPSA) is 6.48 Å². The van der Waals surface area contributed by atoms with Crippen LogP contribution in [0.15, 0.2) is 11.4 Å². The van der Waals surface area contributed by atoms with Gasteiger partial charge >= 0.3 is 0 Å². The highest BCUT2D eigenvalue weighted by Gasteiger charge is 2.35. The summed E-state index contributed by atoms with van der Waals surface area (Å²) in [5.74, 6) is 0.444. The molecule has 19 heavy (non-hydrogen) atoms. The average Bonchev–Trinajstić information content (AvgIpc) is 2.28. The van der Waals surface area contributed by atoms with Crippen LogP contribution in [0.25, 0.3) is 0 Å². The van der Waals surface area contributed by atoms with Crippen LogP contribution in [0.2, 0.25) is 0 Å². The molecule has 0 aromatic rings. The molecule has 0 spiro atoms. The van der Waals surface area contributed by atoms with E-state index >= 15 is 0 Å². The van der Waals surface area contributed by atoms with Crippen LogP contribution in [0.4, 0.5) is 0 Å². The second-order valence-corrected chi connectivity index (χ2v) is 7.59. The highest BCUT2D eigenvalue weighted by molar-refractivity contribution is 7.81. The highest BCUT2D eigenvalue weighted by Crippen LogP contribution is 2.35. The summed E-state index contributed by atoms with van der Waals surface area (Å²) in [6, 6.07) is 0. The van der Waals surface area contributed by atoms with Crippen molar-refractivity contribution in [3.63, 3.8) is 0 Å². The third-order valence-corrected chi connectivity index (χ3v) is 4.36. The first-order valence-corrected chi connectivity index (χ1v) is 7.73. The van der Waals surface area contributed by atoms with Gasteiger partial charge in [0.25, 0.3) is 0 Å². The third-order valence-electron chi connectivity index (χ3n) is 3.81. The molecule has 0 amide bonds. The lowest BCUT2D eigenvalue weighted by molar-refractivity contribution is 0.315. The minimum absolute atomic E-state index is 0.444. The predicted octanol–water partition coefficient (Wildman–Crippen LogP) is 3.93. The first kappa shape index (κ1) is 16.5. The molecule has 3 heteroatoms. The van der Waals surface area contributed by atoms with Crippen LogP contribution >= 0.6 is 12.2 Å². The number of hydrogen-bond acceptors (Lipinski definition) is 3. The zero-order chi connectivity index (χ0) is 14.8. The van der Waals surface area contributed by atoms with E-state index in [0.717, 1.165) is 11.4 Å². The van der Waals surface area contributed by atoms with E-state index in [2.05, 4.69) is 58.6 Å². The van der Waals surface area contributed by atoms with E-state index in [0.29, 0.717) is 11.3 Å². The minimum atomic E-state index is 0.444. The monoisotopic (exact) mass is 282 g/mol. The molecular weight excluding hydrogens is 252 g/mol. The Hall–Kier alpha value is -0.570. The third kappa shape index (κ3) is 4.20. The van der Waals surface area contributed by atoms with Crippen molar-refractivity contribution >= 4 is 17.1 Å². The molecule has 0 heterocycles. The lowest BCUT2D eigenvalue weighted by atomic mass is 9.86. The summed E-state index contributed by atoms with van der Waals surface area (Å²) in [7, 11) is 6.37. The fraction of sp³-hybridized carbons (Fsp3) is 0.812. The average molecular weight is 282 g/mol. The molecule has 1 unspecified atom stereocenters. The van der Waals surface area contributed by atoms with Crippen molar-refractivity contribution in [2.75, 3.05) is 27.7 Å². The number of rotatable bonds is 6. The Morgan fingerprint density at radius 1 is 1.11 bits per heavy atom. The van der Waals surface area contributed by atoms with Crippen LogP contribution in [0.5, 0.6) is 0 Å². The van der Waals surface area contributed by atoms with Crippen LogP contribution < -0.4 is 0 Å². The lowest BCUT2D eigenvalue weighted by Gasteiger charge is -2.41. The van der Waals surface area contributed by atoms with Crippen molar-refractivity contribution in [3.05, 3.63) is 11.4 Å². The fourth-order valence-electron chi connectivity index (χ4n) is 2.67. The van der Waals surface area contributed by atoms with E-state index in [1.807, 2.05) is 0 Å². The predicted molar refractivity (Wildman–Crippen MR) is 88.4 cm³/mol. The standard InChI is InChI=1S/C16H30N2S/c1-12-13(14(15(12)19)17(5)6)18(7)11-9-8-10-16(2,3)4/h12H,8-11H2,1-7H3. The van der Waals surface area contributed by atoms with Gasteiger partial charge in [-0.05, 0) is 18.3 Å². The maximum absolute atomic E-state index is 5.46. The Morgan fingerprint density at radius 2 is 1.68 bits per heavy atom. The van der Waals surface area contributed by atoms with Crippen molar-refractivity contribution in [1.29, 1.82) is 0 Å². The van der Waals surface area contributed by atoms with Gasteiger partial charge in [-0.15, -0.1) is 0 Å². The van der Waals surface area contributed by atoms with Gasteiger partial charge in [-0.25, -0.2) is 0 Å². The van der Waals surface area contributed by atoms with Gasteiger partial charge in [-0.3, -0.25) is 0 Å². The zero-order valence-corrected chi connectivity index (χ0v) is 14.5. The highest BCUT2D eigenvalue weighted by atomic mass is 32.1. The maximum atomic E-state index is 5.46. The molecule has 1 aliphatic rings. The van der Waals surface area contributed by atoms with Crippen LogP contribution in [-0.4, -0.2) is 42.4 Å². The summed E-state index contributed by atoms with van der Waals surface area (Å²) in [6.07, 6.45) is 3.86. The Labute approximate surface area is 124 Å². The number of thiocarbonyl (C=S) groups is 1. The summed E-state index contributed by atoms with van der Waals surface area (Å²) in [5, 5.41) is 0. The molecule has 0 fully saturated rings. The van der Waals surface area contributed by atoms with Gasteiger partial charge in [0, 0.05) is 44.2 Å². The number of hydrogen-bond donors (Lipinski definition) is 0. The van der Waals surface area contributed by atoms with Gasteiger partial charge in [-0.2, -0.15) is 0 Å². The number of nitrogens with zero attached hydrogens (tertiary/aromatic N) is 2. The van der Waals surface area contributed by atoms with E-state index in [1.165, 1.54) is 30.7 Å². The summed E-state index contributed by atoms with van der Waals surface area (Å²) >= 11 is 5.46. The molecule has 0 N–H and O–H groups in total. The van der Waals surface area contributed by atoms with Gasteiger partial charge in [0.2, 0.25) is 0 Å². The van der Waals surface area contributed by atoms with Crippen molar-refractivity contribution in [1.82, 2.24) is 9.80 Å². The Bertz CT molecular complexity index is 363. The van der Waals surface area contributed by atoms with Crippen molar-refractivity contribution in [3.8, 4) is 0 Å². The zero-order valence-electron chi connectivity index (χ0n) is 13.7. The van der Waals surface area contributed by atoms with Crippen LogP contribution in [0, 0.1) is 11.3 Å². The molecule has 110 valence electrons. The van der Waals surface area contributed by atoms with Crippen LogP contribution in [-0.2, 0) is 0 Å². The van der Waals surface area contributed by atoms with E-state index in [9.17, 15) is 0 Å². The van der Waals surface area contributed by atoms with E-state index in [4.69, 9.17) is 12.2 Å². The molecule has 0 aliphatic heterocycles. The van der Waals surface area contributed by atoms with Gasteiger partial charge < -0.3 is 9.80 Å². The van der Waals surface area contributed by atoms with Crippen LogP contribution in [0.3, 0.4) is 0 Å². The summed E-state index contributed by atoms with van der Waals surface area (Å²) < 4.78 is 0. The molecule has 0 aromatic carbocycles. The molecular formula is C16H30N2S. The van der Waals surface area contributed by atoms with Crippen molar-refractivity contribution < 1.29 is 0 Å². The van der Waals surface area contributed by atoms with Gasteiger partial charge in [-0.1, -0.05) is 46.3 Å². The SMILES string of the molecule is CC1C(=S)C(N(C)C)=C1N(C)CCCCC(C)(C)C. The largest absolute Gasteiger partial charge is 0.376 e. The summed E-state index contributed by atoms with van der Waals surface area (Å²) in [5.41, 5.74) is 3.14.